The Balaban J connectivity index is 0.000000261. The smallest absolute Gasteiger partial charge is 0.318 e. The molecular weight excluding hydrogens is 1150 g/mol. The van der Waals surface area contributed by atoms with Gasteiger partial charge in [-0.05, 0) is 114 Å². The molecule has 0 bridgehead atoms. The third-order valence-corrected chi connectivity index (χ3v) is 17.0. The van der Waals surface area contributed by atoms with E-state index in [1.165, 1.54) is 40.6 Å². The molecule has 8 heterocycles. The van der Waals surface area contributed by atoms with E-state index in [0.717, 1.165) is 91.7 Å². The zero-order valence-electron chi connectivity index (χ0n) is 49.0. The van der Waals surface area contributed by atoms with Crippen LogP contribution in [-0.4, -0.2) is 175 Å². The molecule has 6 aliphatic rings. The number of piperazine rings is 2. The number of anilines is 4. The Morgan fingerprint density at radius 3 is 1.71 bits per heavy atom. The molecule has 2 amide bonds. The summed E-state index contributed by atoms with van der Waals surface area (Å²) in [5.74, 6) is 1.41. The van der Waals surface area contributed by atoms with Gasteiger partial charge in [-0.3, -0.25) is 9.59 Å². The van der Waals surface area contributed by atoms with Gasteiger partial charge in [0, 0.05) is 86.6 Å². The van der Waals surface area contributed by atoms with E-state index >= 15 is 0 Å². The van der Waals surface area contributed by atoms with Crippen molar-refractivity contribution in [3.63, 3.8) is 0 Å². The zero-order valence-corrected chi connectivity index (χ0v) is 53.0. The summed E-state index contributed by atoms with van der Waals surface area (Å²) in [7, 11) is 4.26. The number of rotatable bonds is 14. The van der Waals surface area contributed by atoms with Gasteiger partial charge in [0.2, 0.25) is 18.4 Å². The number of aryl methyl sites for hydroxylation is 1. The number of aromatic nitrogens is 4. The van der Waals surface area contributed by atoms with Gasteiger partial charge in [0.25, 0.3) is 0 Å². The minimum absolute atomic E-state index is 0. The van der Waals surface area contributed by atoms with Crippen LogP contribution in [0, 0.1) is 36.2 Å². The molecule has 452 valence electrons. The van der Waals surface area contributed by atoms with Crippen molar-refractivity contribution in [2.45, 2.75) is 89.1 Å². The number of amides is 2. The molecule has 4 saturated heterocycles. The van der Waals surface area contributed by atoms with E-state index in [1.54, 1.807) is 9.80 Å². The number of likely N-dealkylation sites (tertiary alicyclic amines) is 2. The molecule has 0 spiro atoms. The van der Waals surface area contributed by atoms with Crippen LogP contribution < -0.4 is 29.1 Å². The Hall–Kier alpha value is -6.91. The van der Waals surface area contributed by atoms with E-state index in [2.05, 4.69) is 117 Å². The third kappa shape index (κ3) is 15.2. The van der Waals surface area contributed by atoms with Crippen LogP contribution in [0.15, 0.2) is 86.0 Å². The average molecular weight is 1230 g/mol. The van der Waals surface area contributed by atoms with E-state index in [0.29, 0.717) is 102 Å². The fourth-order valence-corrected chi connectivity index (χ4v) is 12.5. The second kappa shape index (κ2) is 30.9. The third-order valence-electron chi connectivity index (χ3n) is 17.0. The average Bonchev–Trinajstić information content (AvgIpc) is 3.04. The van der Waals surface area contributed by atoms with Gasteiger partial charge in [0.15, 0.2) is 0 Å². The molecule has 11 rings (SSSR count). The standard InChI is InChI=1S/C33H39N7O2.C29H34N8O2.4H2S/c1-5-31(41)40-17-16-39(20-26(40)19-34-3)32-27-13-15-38(30-10-6-8-24-12-11-23(2)18-28(24)30)21-29(27)35-33(36-32)42-22-25-9-7-14-37(25)4;1-3-27(38)37-16-15-36(18-22(37)10-12-30)28-24-11-14-35(26-9-5-4-7-21(26)17-31)19-25(24)32-29(33-28)39-20-23-8-6-13-34(23)2;;;;/h5-6,8,10-12,18,25-26H,1,7,9,13-17,19-22H2,2,4H3;3-5,7,9,22-23H,1,6,8,10-11,13-16,18-20H2,2H3;4*1H2/t25-,26-;22-,23-;;;;/m00..../s1. The van der Waals surface area contributed by atoms with Crippen molar-refractivity contribution in [3.05, 3.63) is 131 Å². The number of hydrogen-bond donors (Lipinski definition) is 0. The van der Waals surface area contributed by atoms with E-state index in [-0.39, 0.29) is 90.8 Å². The number of fused-ring (bicyclic) bond motifs is 3. The number of likely N-dealkylation sites (N-methyl/N-ethyl adjacent to an activating group) is 2. The summed E-state index contributed by atoms with van der Waals surface area (Å²) in [6.45, 7) is 26.5. The van der Waals surface area contributed by atoms with Gasteiger partial charge in [0.1, 0.15) is 37.0 Å². The molecule has 0 saturated carbocycles. The molecule has 2 aromatic heterocycles. The molecule has 4 atom stereocenters. The summed E-state index contributed by atoms with van der Waals surface area (Å²) < 4.78 is 12.5. The monoisotopic (exact) mass is 1230 g/mol. The first-order valence-corrected chi connectivity index (χ1v) is 28.5. The maximum Gasteiger partial charge on any atom is 0.318 e. The second-order valence-electron chi connectivity index (χ2n) is 22.0. The van der Waals surface area contributed by atoms with E-state index < -0.39 is 0 Å². The zero-order chi connectivity index (χ0) is 56.6. The van der Waals surface area contributed by atoms with Gasteiger partial charge in [-0.1, -0.05) is 55.1 Å². The van der Waals surface area contributed by atoms with Crippen LogP contribution in [0.1, 0.15) is 65.7 Å². The second-order valence-corrected chi connectivity index (χ2v) is 22.0. The van der Waals surface area contributed by atoms with Crippen molar-refractivity contribution >= 4 is 99.6 Å². The Kier molecular flexibility index (Phi) is 24.5. The SMILES string of the molecule is C=CC(=O)N1CCN(c2nc(OC[C@@H]3CCCN3C)nc3c2CCN(c2ccccc2C#N)C3)C[C@@H]1CC#N.S.S.S.S.[C-]#[N+]C[C@H]1CN(c2nc(OC[C@@H]3CCCN3C)nc3c2CCN(c2cccc4ccc(C)cc24)C3)CCN1C(=O)C=C. The van der Waals surface area contributed by atoms with Crippen LogP contribution >= 0.6 is 54.0 Å². The number of nitriles is 2. The van der Waals surface area contributed by atoms with Crippen molar-refractivity contribution in [2.75, 3.05) is 119 Å². The quantitative estimate of drug-likeness (QED) is 0.0814. The number of ether oxygens (including phenoxy) is 2. The summed E-state index contributed by atoms with van der Waals surface area (Å²) >= 11 is 0. The Morgan fingerprint density at radius 1 is 0.659 bits per heavy atom. The summed E-state index contributed by atoms with van der Waals surface area (Å²) in [6, 6.07) is 26.3. The Labute approximate surface area is 528 Å². The number of hydrogen-bond acceptors (Lipinski definition) is 16. The first-order chi connectivity index (χ1) is 39.5. The Bertz CT molecular complexity index is 3300. The van der Waals surface area contributed by atoms with Crippen LogP contribution in [-0.2, 0) is 35.5 Å². The summed E-state index contributed by atoms with van der Waals surface area (Å²) in [6.07, 6.45) is 8.93. The lowest BCUT2D eigenvalue weighted by molar-refractivity contribution is -0.129. The van der Waals surface area contributed by atoms with Crippen molar-refractivity contribution in [1.29, 1.82) is 10.5 Å². The van der Waals surface area contributed by atoms with Gasteiger partial charge in [-0.15, -0.1) is 0 Å². The van der Waals surface area contributed by atoms with Crippen LogP contribution in [0.3, 0.4) is 0 Å². The fraction of sp³-hybridized carbons (Fsp3) is 0.468. The van der Waals surface area contributed by atoms with Crippen LogP contribution in [0.5, 0.6) is 12.0 Å². The number of carbonyl (C=O) groups is 2. The van der Waals surface area contributed by atoms with E-state index in [1.807, 2.05) is 24.3 Å². The minimum atomic E-state index is -0.251. The molecule has 0 aliphatic carbocycles. The first kappa shape index (κ1) is 67.2. The minimum Gasteiger partial charge on any atom is -0.462 e. The summed E-state index contributed by atoms with van der Waals surface area (Å²) in [5.41, 5.74) is 8.05. The van der Waals surface area contributed by atoms with E-state index in [9.17, 15) is 20.1 Å². The van der Waals surface area contributed by atoms with Crippen molar-refractivity contribution in [1.82, 2.24) is 39.5 Å². The summed E-state index contributed by atoms with van der Waals surface area (Å²) in [5, 5.41) is 21.6. The van der Waals surface area contributed by atoms with Gasteiger partial charge in [-0.25, -0.2) is 6.57 Å². The molecular formula is C62H81N15O4S4. The predicted molar refractivity (Wildman–Crippen MR) is 355 cm³/mol. The predicted octanol–water partition coefficient (Wildman–Crippen LogP) is 7.05. The molecule has 3 aromatic carbocycles. The van der Waals surface area contributed by atoms with Crippen molar-refractivity contribution in [3.8, 4) is 24.2 Å². The molecule has 4 fully saturated rings. The maximum atomic E-state index is 12.5. The molecule has 23 heteroatoms. The largest absolute Gasteiger partial charge is 0.462 e. The van der Waals surface area contributed by atoms with E-state index in [4.69, 9.17) is 36.0 Å². The highest BCUT2D eigenvalue weighted by Crippen LogP contribution is 2.37. The van der Waals surface area contributed by atoms with Crippen molar-refractivity contribution < 1.29 is 19.1 Å². The molecule has 19 nitrogen and oxygen atoms in total. The lowest BCUT2D eigenvalue weighted by Crippen LogP contribution is -2.56. The van der Waals surface area contributed by atoms with Crippen LogP contribution in [0.25, 0.3) is 15.6 Å². The van der Waals surface area contributed by atoms with Crippen LogP contribution in [0.4, 0.5) is 23.0 Å². The topological polar surface area (TPSA) is 182 Å². The molecule has 0 unspecified atom stereocenters. The highest BCUT2D eigenvalue weighted by molar-refractivity contribution is 7.59. The summed E-state index contributed by atoms with van der Waals surface area (Å²) in [4.78, 5) is 65.5. The number of benzene rings is 3. The molecule has 0 N–H and O–H groups in total. The van der Waals surface area contributed by atoms with Gasteiger partial charge < -0.3 is 53.5 Å². The van der Waals surface area contributed by atoms with Gasteiger partial charge in [0.05, 0.1) is 54.3 Å². The molecule has 6 aliphatic heterocycles. The lowest BCUT2D eigenvalue weighted by Gasteiger charge is -2.42. The molecule has 85 heavy (non-hydrogen) atoms. The number of nitrogens with zero attached hydrogens (tertiary/aromatic N) is 15. The highest BCUT2D eigenvalue weighted by Gasteiger charge is 2.37. The first-order valence-electron chi connectivity index (χ1n) is 28.5. The number of para-hydroxylation sites is 1. The Morgan fingerprint density at radius 2 is 1.19 bits per heavy atom. The van der Waals surface area contributed by atoms with Gasteiger partial charge in [-0.2, -0.15) is 84.4 Å². The van der Waals surface area contributed by atoms with Gasteiger partial charge >= 0.3 is 12.0 Å². The maximum absolute atomic E-state index is 12.5. The molecule has 5 aromatic rings. The molecule has 0 radical (unpaired) electrons. The normalized spacial score (nSPS) is 20.0. The fourth-order valence-electron chi connectivity index (χ4n) is 12.5. The lowest BCUT2D eigenvalue weighted by atomic mass is 10.0. The number of carbonyl (C=O) groups excluding carboxylic acids is 2. The highest BCUT2D eigenvalue weighted by atomic mass is 32.1. The van der Waals surface area contributed by atoms with Crippen molar-refractivity contribution in [2.24, 2.45) is 0 Å². The van der Waals surface area contributed by atoms with Crippen LogP contribution in [0.2, 0.25) is 0 Å².